The molecule has 84 valence electrons. The van der Waals surface area contributed by atoms with Crippen molar-refractivity contribution in [1.29, 1.82) is 0 Å². The van der Waals surface area contributed by atoms with Crippen LogP contribution in [-0.4, -0.2) is 25.8 Å². The normalized spacial score (nSPS) is 16.1. The summed E-state index contributed by atoms with van der Waals surface area (Å²) in [6.07, 6.45) is 1.98. The van der Waals surface area contributed by atoms with Crippen LogP contribution < -0.4 is 0 Å². The summed E-state index contributed by atoms with van der Waals surface area (Å²) in [5, 5.41) is 0. The highest BCUT2D eigenvalue weighted by Crippen LogP contribution is 2.30. The van der Waals surface area contributed by atoms with Gasteiger partial charge in [0.1, 0.15) is 0 Å². The summed E-state index contributed by atoms with van der Waals surface area (Å²) < 4.78 is 25.4. The summed E-state index contributed by atoms with van der Waals surface area (Å²) in [5.41, 5.74) is 0. The van der Waals surface area contributed by atoms with Crippen LogP contribution in [0.2, 0.25) is 0 Å². The van der Waals surface area contributed by atoms with E-state index in [1.807, 2.05) is 6.07 Å². The zero-order chi connectivity index (χ0) is 10.2. The summed E-state index contributed by atoms with van der Waals surface area (Å²) in [4.78, 5) is 0.384. The molecule has 15 heavy (non-hydrogen) atoms. The van der Waals surface area contributed by atoms with E-state index in [4.69, 9.17) is 0 Å². The largest absolute Gasteiger partial charge is 0.243 e. The lowest BCUT2D eigenvalue weighted by Crippen LogP contribution is -2.28. The summed E-state index contributed by atoms with van der Waals surface area (Å²) >= 11 is 0. The fraction of sp³-hybridized carbons (Fsp3) is 0.400. The van der Waals surface area contributed by atoms with E-state index in [1.54, 1.807) is 31.3 Å². The Labute approximate surface area is 96.6 Å². The highest BCUT2D eigenvalue weighted by Gasteiger charge is 2.34. The second-order valence-electron chi connectivity index (χ2n) is 3.57. The van der Waals surface area contributed by atoms with Crippen molar-refractivity contribution in [2.75, 3.05) is 7.05 Å². The molecular formula is C10H14ClNO2S. The van der Waals surface area contributed by atoms with Crippen molar-refractivity contribution in [2.45, 2.75) is 23.8 Å². The highest BCUT2D eigenvalue weighted by molar-refractivity contribution is 7.89. The minimum absolute atomic E-state index is 0. The topological polar surface area (TPSA) is 37.4 Å². The fourth-order valence-electron chi connectivity index (χ4n) is 1.39. The molecule has 1 aromatic carbocycles. The van der Waals surface area contributed by atoms with Gasteiger partial charge in [-0.2, -0.15) is 4.31 Å². The molecule has 1 aromatic rings. The lowest BCUT2D eigenvalue weighted by molar-refractivity contribution is 0.464. The molecule has 0 saturated heterocycles. The number of benzene rings is 1. The lowest BCUT2D eigenvalue weighted by atomic mass is 10.4. The molecule has 1 aliphatic rings. The molecule has 1 fully saturated rings. The first-order valence-corrected chi connectivity index (χ1v) is 6.09. The third-order valence-electron chi connectivity index (χ3n) is 2.48. The van der Waals surface area contributed by atoms with Gasteiger partial charge in [-0.1, -0.05) is 18.2 Å². The van der Waals surface area contributed by atoms with Gasteiger partial charge in [-0.05, 0) is 25.0 Å². The van der Waals surface area contributed by atoms with Crippen LogP contribution in [-0.2, 0) is 10.0 Å². The maximum atomic E-state index is 11.9. The van der Waals surface area contributed by atoms with Crippen LogP contribution >= 0.6 is 12.4 Å². The van der Waals surface area contributed by atoms with Gasteiger partial charge in [0.25, 0.3) is 0 Å². The van der Waals surface area contributed by atoms with E-state index >= 15 is 0 Å². The second-order valence-corrected chi connectivity index (χ2v) is 5.56. The molecule has 0 radical (unpaired) electrons. The molecule has 5 heteroatoms. The minimum atomic E-state index is -3.24. The van der Waals surface area contributed by atoms with E-state index < -0.39 is 10.0 Å². The Morgan fingerprint density at radius 3 is 2.20 bits per heavy atom. The Kier molecular flexibility index (Phi) is 3.76. The number of rotatable bonds is 3. The summed E-state index contributed by atoms with van der Waals surface area (Å²) in [6, 6.07) is 8.79. The van der Waals surface area contributed by atoms with Crippen LogP contribution in [0.4, 0.5) is 0 Å². The number of hydrogen-bond acceptors (Lipinski definition) is 2. The first-order valence-electron chi connectivity index (χ1n) is 4.65. The van der Waals surface area contributed by atoms with Crippen molar-refractivity contribution in [3.63, 3.8) is 0 Å². The van der Waals surface area contributed by atoms with E-state index in [0.29, 0.717) is 4.90 Å². The van der Waals surface area contributed by atoms with Gasteiger partial charge in [-0.3, -0.25) is 0 Å². The molecule has 0 atom stereocenters. The van der Waals surface area contributed by atoms with Crippen LogP contribution in [0, 0.1) is 0 Å². The van der Waals surface area contributed by atoms with Gasteiger partial charge in [0.15, 0.2) is 0 Å². The van der Waals surface area contributed by atoms with Crippen LogP contribution in [0.3, 0.4) is 0 Å². The standard InChI is InChI=1S/C10H13NO2S.ClH/c1-11(9-7-8-9)14(12,13)10-5-3-2-4-6-10;/h2-6,9H,7-8H2,1H3;1H. The lowest BCUT2D eigenvalue weighted by Gasteiger charge is -2.15. The Morgan fingerprint density at radius 1 is 1.20 bits per heavy atom. The molecule has 0 bridgehead atoms. The third-order valence-corrected chi connectivity index (χ3v) is 4.41. The summed E-state index contributed by atoms with van der Waals surface area (Å²) in [5.74, 6) is 0. The number of hydrogen-bond donors (Lipinski definition) is 0. The van der Waals surface area contributed by atoms with Crippen LogP contribution in [0.15, 0.2) is 35.2 Å². The molecule has 3 nitrogen and oxygen atoms in total. The molecule has 0 N–H and O–H groups in total. The van der Waals surface area contributed by atoms with Gasteiger partial charge in [0, 0.05) is 13.1 Å². The molecule has 1 saturated carbocycles. The third kappa shape index (κ3) is 2.51. The van der Waals surface area contributed by atoms with Gasteiger partial charge in [-0.15, -0.1) is 12.4 Å². The van der Waals surface area contributed by atoms with Gasteiger partial charge < -0.3 is 0 Å². The quantitative estimate of drug-likeness (QED) is 0.818. The molecule has 0 aliphatic heterocycles. The smallest absolute Gasteiger partial charge is 0.207 e. The van der Waals surface area contributed by atoms with Gasteiger partial charge in [-0.25, -0.2) is 8.42 Å². The van der Waals surface area contributed by atoms with E-state index in [-0.39, 0.29) is 18.4 Å². The number of nitrogens with zero attached hydrogens (tertiary/aromatic N) is 1. The van der Waals surface area contributed by atoms with E-state index in [2.05, 4.69) is 0 Å². The average Bonchev–Trinajstić information content (AvgIpc) is 3.01. The van der Waals surface area contributed by atoms with Gasteiger partial charge in [0.05, 0.1) is 4.90 Å². The molecule has 2 rings (SSSR count). The van der Waals surface area contributed by atoms with E-state index in [0.717, 1.165) is 12.8 Å². The Bertz CT molecular complexity index is 414. The highest BCUT2D eigenvalue weighted by atomic mass is 35.5. The molecule has 0 unspecified atom stereocenters. The summed E-state index contributed by atoms with van der Waals surface area (Å²) in [7, 11) is -1.59. The van der Waals surface area contributed by atoms with E-state index in [9.17, 15) is 8.42 Å². The van der Waals surface area contributed by atoms with Crippen molar-refractivity contribution in [2.24, 2.45) is 0 Å². The summed E-state index contributed by atoms with van der Waals surface area (Å²) in [6.45, 7) is 0. The van der Waals surface area contributed by atoms with E-state index in [1.165, 1.54) is 4.31 Å². The molecule has 0 amide bonds. The van der Waals surface area contributed by atoms with Crippen molar-refractivity contribution in [3.05, 3.63) is 30.3 Å². The Hall–Kier alpha value is -0.580. The van der Waals surface area contributed by atoms with Crippen molar-refractivity contribution in [1.82, 2.24) is 4.31 Å². The second kappa shape index (κ2) is 4.51. The monoisotopic (exact) mass is 247 g/mol. The number of sulfonamides is 1. The number of halogens is 1. The zero-order valence-electron chi connectivity index (χ0n) is 8.46. The first-order chi connectivity index (χ1) is 6.62. The Morgan fingerprint density at radius 2 is 1.73 bits per heavy atom. The zero-order valence-corrected chi connectivity index (χ0v) is 10.1. The van der Waals surface area contributed by atoms with Crippen LogP contribution in [0.5, 0.6) is 0 Å². The van der Waals surface area contributed by atoms with Crippen molar-refractivity contribution < 1.29 is 8.42 Å². The molecule has 0 aromatic heterocycles. The predicted molar refractivity (Wildman–Crippen MR) is 61.7 cm³/mol. The average molecular weight is 248 g/mol. The van der Waals surface area contributed by atoms with Crippen LogP contribution in [0.25, 0.3) is 0 Å². The maximum absolute atomic E-state index is 11.9. The molecular weight excluding hydrogens is 234 g/mol. The predicted octanol–water partition coefficient (Wildman–Crippen LogP) is 1.89. The SMILES string of the molecule is CN(C1CC1)S(=O)(=O)c1ccccc1.Cl. The molecule has 1 aliphatic carbocycles. The molecule has 0 spiro atoms. The fourth-order valence-corrected chi connectivity index (χ4v) is 2.83. The van der Waals surface area contributed by atoms with Crippen molar-refractivity contribution >= 4 is 22.4 Å². The minimum Gasteiger partial charge on any atom is -0.207 e. The van der Waals surface area contributed by atoms with Crippen LogP contribution in [0.1, 0.15) is 12.8 Å². The first kappa shape index (κ1) is 12.5. The molecule has 0 heterocycles. The van der Waals surface area contributed by atoms with Gasteiger partial charge >= 0.3 is 0 Å². The Balaban J connectivity index is 0.00000112. The van der Waals surface area contributed by atoms with Crippen molar-refractivity contribution in [3.8, 4) is 0 Å². The van der Waals surface area contributed by atoms with Gasteiger partial charge in [0.2, 0.25) is 10.0 Å². The maximum Gasteiger partial charge on any atom is 0.243 e.